The summed E-state index contributed by atoms with van der Waals surface area (Å²) in [5, 5.41) is 13.5. The number of aliphatic hydroxyl groups is 1. The van der Waals surface area contributed by atoms with Gasteiger partial charge in [-0.25, -0.2) is 4.57 Å². The van der Waals surface area contributed by atoms with Crippen molar-refractivity contribution in [3.63, 3.8) is 0 Å². The van der Waals surface area contributed by atoms with Gasteiger partial charge in [0, 0.05) is 13.0 Å². The molecule has 0 fully saturated rings. The Kier molecular flexibility index (Phi) is 33.2. The Morgan fingerprint density at radius 2 is 1.19 bits per heavy atom. The van der Waals surface area contributed by atoms with Crippen molar-refractivity contribution in [2.75, 3.05) is 19.8 Å². The number of phosphoric ester groups is 1. The van der Waals surface area contributed by atoms with Crippen LogP contribution < -0.4 is 11.1 Å². The average molecular weight is 683 g/mol. The fourth-order valence-electron chi connectivity index (χ4n) is 5.00. The van der Waals surface area contributed by atoms with Gasteiger partial charge in [-0.2, -0.15) is 0 Å². The standard InChI is InChI=1S/C38H71N2O6P/c1-3-5-7-9-11-13-15-17-18-19-20-22-24-26-28-30-32-38(42)40-36(35-46-47(43,44)45-34-33-39)37(41)31-29-27-25-23-21-16-14-12-10-8-6-4-2/h13,15,18-19,21,23,29,31,36-37,41H,3-12,14,16-17,20,22,24-28,30,32-35,39H2,1-2H3,(H,40,42)(H,43,44)/b15-13-,19-18-,23-21+,31-29+. The van der Waals surface area contributed by atoms with E-state index in [-0.39, 0.29) is 25.7 Å². The van der Waals surface area contributed by atoms with E-state index in [1.165, 1.54) is 70.6 Å². The molecule has 0 saturated heterocycles. The Morgan fingerprint density at radius 3 is 1.79 bits per heavy atom. The molecule has 3 atom stereocenters. The van der Waals surface area contributed by atoms with Gasteiger partial charge in [-0.3, -0.25) is 13.8 Å². The smallest absolute Gasteiger partial charge is 0.387 e. The van der Waals surface area contributed by atoms with E-state index < -0.39 is 20.0 Å². The SMILES string of the molecule is CCCCCC/C=C\C/C=C\CCCCCCCC(=O)NC(COP(=O)(O)OCCN)C(O)/C=C/CC/C=C/CCCCCCCC. The normalized spacial score (nSPS) is 14.9. The highest BCUT2D eigenvalue weighted by molar-refractivity contribution is 7.47. The minimum atomic E-state index is -4.34. The first kappa shape index (κ1) is 45.5. The van der Waals surface area contributed by atoms with E-state index in [2.05, 4.69) is 55.6 Å². The Bertz CT molecular complexity index is 876. The van der Waals surface area contributed by atoms with Gasteiger partial charge in [-0.05, 0) is 64.2 Å². The van der Waals surface area contributed by atoms with Crippen molar-refractivity contribution >= 4 is 13.7 Å². The first-order chi connectivity index (χ1) is 22.9. The molecule has 0 spiro atoms. The van der Waals surface area contributed by atoms with Crippen LogP contribution in [0.25, 0.3) is 0 Å². The number of aliphatic hydroxyl groups excluding tert-OH is 1. The second kappa shape index (κ2) is 34.3. The molecule has 0 aromatic heterocycles. The van der Waals surface area contributed by atoms with E-state index >= 15 is 0 Å². The van der Waals surface area contributed by atoms with E-state index in [9.17, 15) is 19.4 Å². The van der Waals surface area contributed by atoms with Crippen LogP contribution in [0.15, 0.2) is 48.6 Å². The molecule has 5 N–H and O–H groups in total. The zero-order chi connectivity index (χ0) is 34.7. The van der Waals surface area contributed by atoms with Crippen molar-refractivity contribution in [3.8, 4) is 0 Å². The van der Waals surface area contributed by atoms with Crippen LogP contribution in [-0.2, 0) is 18.4 Å². The van der Waals surface area contributed by atoms with Gasteiger partial charge in [-0.15, -0.1) is 0 Å². The highest BCUT2D eigenvalue weighted by Crippen LogP contribution is 2.43. The number of phosphoric acid groups is 1. The predicted molar refractivity (Wildman–Crippen MR) is 198 cm³/mol. The molecule has 9 heteroatoms. The van der Waals surface area contributed by atoms with Crippen molar-refractivity contribution < 1.29 is 28.4 Å². The van der Waals surface area contributed by atoms with E-state index in [4.69, 9.17) is 14.8 Å². The summed E-state index contributed by atoms with van der Waals surface area (Å²) in [4.78, 5) is 22.6. The van der Waals surface area contributed by atoms with Crippen LogP contribution >= 0.6 is 7.82 Å². The lowest BCUT2D eigenvalue weighted by Crippen LogP contribution is -2.45. The number of hydrogen-bond donors (Lipinski definition) is 4. The van der Waals surface area contributed by atoms with Gasteiger partial charge < -0.3 is 21.1 Å². The molecule has 8 nitrogen and oxygen atoms in total. The van der Waals surface area contributed by atoms with Crippen LogP contribution in [0, 0.1) is 0 Å². The van der Waals surface area contributed by atoms with Crippen molar-refractivity contribution in [2.45, 2.75) is 167 Å². The first-order valence-electron chi connectivity index (χ1n) is 18.8. The molecule has 0 rings (SSSR count). The second-order valence-electron chi connectivity index (χ2n) is 12.4. The van der Waals surface area contributed by atoms with Crippen LogP contribution in [0.4, 0.5) is 0 Å². The van der Waals surface area contributed by atoms with Gasteiger partial charge >= 0.3 is 7.82 Å². The zero-order valence-electron chi connectivity index (χ0n) is 30.0. The molecule has 0 radical (unpaired) electrons. The number of amides is 1. The van der Waals surface area contributed by atoms with Crippen LogP contribution in [0.5, 0.6) is 0 Å². The topological polar surface area (TPSA) is 131 Å². The Hall–Kier alpha value is -1.54. The third-order valence-corrected chi connectivity index (χ3v) is 8.86. The molecule has 0 aliphatic carbocycles. The monoisotopic (exact) mass is 683 g/mol. The van der Waals surface area contributed by atoms with Crippen LogP contribution in [0.3, 0.4) is 0 Å². The number of carbonyl (C=O) groups excluding carboxylic acids is 1. The molecule has 0 heterocycles. The number of unbranched alkanes of at least 4 members (excludes halogenated alkanes) is 16. The molecule has 0 aromatic carbocycles. The number of nitrogens with one attached hydrogen (secondary N) is 1. The number of nitrogens with two attached hydrogens (primary N) is 1. The third kappa shape index (κ3) is 32.8. The summed E-state index contributed by atoms with van der Waals surface area (Å²) >= 11 is 0. The van der Waals surface area contributed by atoms with Gasteiger partial charge in [0.1, 0.15) is 0 Å². The average Bonchev–Trinajstić information content (AvgIpc) is 3.05. The lowest BCUT2D eigenvalue weighted by molar-refractivity contribution is -0.123. The molecule has 0 aliphatic rings. The van der Waals surface area contributed by atoms with Gasteiger partial charge in [0.2, 0.25) is 5.91 Å². The van der Waals surface area contributed by atoms with Gasteiger partial charge in [0.25, 0.3) is 0 Å². The van der Waals surface area contributed by atoms with E-state index in [1.54, 1.807) is 6.08 Å². The minimum absolute atomic E-state index is 0.0699. The summed E-state index contributed by atoms with van der Waals surface area (Å²) in [7, 11) is -4.34. The predicted octanol–water partition coefficient (Wildman–Crippen LogP) is 9.77. The number of hydrogen-bond acceptors (Lipinski definition) is 6. The van der Waals surface area contributed by atoms with Crippen molar-refractivity contribution in [3.05, 3.63) is 48.6 Å². The maximum absolute atomic E-state index is 12.7. The summed E-state index contributed by atoms with van der Waals surface area (Å²) in [6.45, 7) is 4.04. The summed E-state index contributed by atoms with van der Waals surface area (Å²) in [6, 6.07) is -0.883. The highest BCUT2D eigenvalue weighted by Gasteiger charge is 2.26. The molecule has 0 bridgehead atoms. The number of rotatable bonds is 34. The Morgan fingerprint density at radius 1 is 0.702 bits per heavy atom. The zero-order valence-corrected chi connectivity index (χ0v) is 30.9. The van der Waals surface area contributed by atoms with Crippen molar-refractivity contribution in [1.82, 2.24) is 5.32 Å². The molecule has 47 heavy (non-hydrogen) atoms. The maximum atomic E-state index is 12.7. The summed E-state index contributed by atoms with van der Waals surface area (Å²) in [6.07, 6.45) is 40.1. The minimum Gasteiger partial charge on any atom is -0.387 e. The fourth-order valence-corrected chi connectivity index (χ4v) is 5.76. The number of carbonyl (C=O) groups is 1. The molecule has 0 saturated carbocycles. The molecule has 0 aliphatic heterocycles. The second-order valence-corrected chi connectivity index (χ2v) is 13.9. The fraction of sp³-hybridized carbons (Fsp3) is 0.763. The molecule has 274 valence electrons. The van der Waals surface area contributed by atoms with Gasteiger partial charge in [0.05, 0.1) is 25.4 Å². The molecule has 3 unspecified atom stereocenters. The van der Waals surface area contributed by atoms with E-state index in [1.807, 2.05) is 6.08 Å². The van der Waals surface area contributed by atoms with Crippen LogP contribution in [0.1, 0.15) is 155 Å². The highest BCUT2D eigenvalue weighted by atomic mass is 31.2. The molecular weight excluding hydrogens is 611 g/mol. The first-order valence-corrected chi connectivity index (χ1v) is 20.3. The molecule has 1 amide bonds. The Balaban J connectivity index is 4.39. The lowest BCUT2D eigenvalue weighted by Gasteiger charge is -2.23. The van der Waals surface area contributed by atoms with Gasteiger partial charge in [0.15, 0.2) is 0 Å². The largest absolute Gasteiger partial charge is 0.472 e. The summed E-state index contributed by atoms with van der Waals surface area (Å²) < 4.78 is 22.0. The summed E-state index contributed by atoms with van der Waals surface area (Å²) in [5.74, 6) is -0.222. The molecule has 0 aromatic rings. The van der Waals surface area contributed by atoms with Crippen LogP contribution in [0.2, 0.25) is 0 Å². The quantitative estimate of drug-likeness (QED) is 0.0302. The van der Waals surface area contributed by atoms with E-state index in [0.29, 0.717) is 6.42 Å². The van der Waals surface area contributed by atoms with Crippen molar-refractivity contribution in [1.29, 1.82) is 0 Å². The van der Waals surface area contributed by atoms with E-state index in [0.717, 1.165) is 64.2 Å². The molecular formula is C38H71N2O6P. The maximum Gasteiger partial charge on any atom is 0.472 e. The van der Waals surface area contributed by atoms with Gasteiger partial charge in [-0.1, -0.05) is 133 Å². The lowest BCUT2D eigenvalue weighted by atomic mass is 10.1. The number of allylic oxidation sites excluding steroid dienone is 7. The summed E-state index contributed by atoms with van der Waals surface area (Å²) in [5.41, 5.74) is 5.35. The van der Waals surface area contributed by atoms with Crippen LogP contribution in [-0.4, -0.2) is 47.8 Å². The van der Waals surface area contributed by atoms with Crippen molar-refractivity contribution in [2.24, 2.45) is 5.73 Å². The third-order valence-electron chi connectivity index (χ3n) is 7.88. The Labute approximate surface area is 288 Å².